The Kier molecular flexibility index (Phi) is 5.74. The molecule has 1 nitrogen and oxygen atoms in total. The fourth-order valence-electron chi connectivity index (χ4n) is 1.97. The molecule has 0 aromatic heterocycles. The van der Waals surface area contributed by atoms with E-state index >= 15 is 0 Å². The second-order valence-corrected chi connectivity index (χ2v) is 4.48. The summed E-state index contributed by atoms with van der Waals surface area (Å²) in [5.41, 5.74) is 1.34. The van der Waals surface area contributed by atoms with Crippen LogP contribution in [0.3, 0.4) is 0 Å². The molecule has 0 amide bonds. The van der Waals surface area contributed by atoms with E-state index in [1.807, 2.05) is 19.2 Å². The highest BCUT2D eigenvalue weighted by atomic mass is 35.5. The first-order valence-electron chi connectivity index (χ1n) is 5.65. The Morgan fingerprint density at radius 2 is 2.20 bits per heavy atom. The van der Waals surface area contributed by atoms with Crippen molar-refractivity contribution in [2.75, 3.05) is 13.6 Å². The molecule has 1 rings (SSSR count). The van der Waals surface area contributed by atoms with E-state index in [9.17, 15) is 0 Å². The summed E-state index contributed by atoms with van der Waals surface area (Å²) in [6.07, 6.45) is 3.63. The predicted molar refractivity (Wildman–Crippen MR) is 67.5 cm³/mol. The molecule has 0 spiro atoms. The lowest BCUT2D eigenvalue weighted by Crippen LogP contribution is -2.20. The van der Waals surface area contributed by atoms with Crippen molar-refractivity contribution in [3.05, 3.63) is 34.9 Å². The van der Waals surface area contributed by atoms with Crippen molar-refractivity contribution in [3.8, 4) is 0 Å². The largest absolute Gasteiger partial charge is 0.319 e. The minimum absolute atomic E-state index is 0.721. The lowest BCUT2D eigenvalue weighted by Gasteiger charge is -2.15. The van der Waals surface area contributed by atoms with Crippen molar-refractivity contribution in [1.82, 2.24) is 5.32 Å². The zero-order valence-electron chi connectivity index (χ0n) is 9.59. The van der Waals surface area contributed by atoms with Gasteiger partial charge < -0.3 is 5.32 Å². The monoisotopic (exact) mass is 225 g/mol. The van der Waals surface area contributed by atoms with Crippen LogP contribution in [-0.2, 0) is 6.42 Å². The Bertz CT molecular complexity index is 280. The molecule has 0 bridgehead atoms. The summed E-state index contributed by atoms with van der Waals surface area (Å²) in [6, 6.07) is 8.18. The Morgan fingerprint density at radius 3 is 2.80 bits per heavy atom. The van der Waals surface area contributed by atoms with Gasteiger partial charge in [-0.05, 0) is 50.0 Å². The summed E-state index contributed by atoms with van der Waals surface area (Å²) in [7, 11) is 2.01. The second-order valence-electron chi connectivity index (χ2n) is 4.05. The van der Waals surface area contributed by atoms with Crippen LogP contribution in [0.25, 0.3) is 0 Å². The van der Waals surface area contributed by atoms with Crippen molar-refractivity contribution in [2.24, 2.45) is 5.92 Å². The van der Waals surface area contributed by atoms with Gasteiger partial charge in [0, 0.05) is 5.02 Å². The Hall–Kier alpha value is -0.530. The quantitative estimate of drug-likeness (QED) is 0.781. The normalized spacial score (nSPS) is 12.7. The zero-order valence-corrected chi connectivity index (χ0v) is 10.3. The van der Waals surface area contributed by atoms with E-state index in [2.05, 4.69) is 24.4 Å². The minimum atomic E-state index is 0.721. The van der Waals surface area contributed by atoms with Crippen LogP contribution >= 0.6 is 11.6 Å². The lowest BCUT2D eigenvalue weighted by molar-refractivity contribution is 0.456. The van der Waals surface area contributed by atoms with Crippen molar-refractivity contribution < 1.29 is 0 Å². The molecule has 1 aromatic carbocycles. The molecule has 0 saturated heterocycles. The predicted octanol–water partition coefficient (Wildman–Crippen LogP) is 3.52. The topological polar surface area (TPSA) is 12.0 Å². The Labute approximate surface area is 97.8 Å². The molecule has 2 heteroatoms. The Balaban J connectivity index is 2.56. The fourth-order valence-corrected chi connectivity index (χ4v) is 2.18. The summed E-state index contributed by atoms with van der Waals surface area (Å²) in [4.78, 5) is 0. The van der Waals surface area contributed by atoms with E-state index in [1.165, 1.54) is 18.4 Å². The molecule has 0 heterocycles. The first-order valence-corrected chi connectivity index (χ1v) is 6.03. The zero-order chi connectivity index (χ0) is 11.1. The average Bonchev–Trinajstić information content (AvgIpc) is 2.18. The van der Waals surface area contributed by atoms with E-state index in [0.717, 1.165) is 23.9 Å². The molecule has 15 heavy (non-hydrogen) atoms. The van der Waals surface area contributed by atoms with E-state index in [4.69, 9.17) is 11.6 Å². The van der Waals surface area contributed by atoms with Crippen LogP contribution in [0.2, 0.25) is 5.02 Å². The van der Waals surface area contributed by atoms with Crippen LogP contribution in [-0.4, -0.2) is 13.6 Å². The van der Waals surface area contributed by atoms with Crippen LogP contribution in [0.5, 0.6) is 0 Å². The van der Waals surface area contributed by atoms with Gasteiger partial charge in [-0.1, -0.05) is 37.1 Å². The van der Waals surface area contributed by atoms with Crippen LogP contribution in [0.1, 0.15) is 25.3 Å². The van der Waals surface area contributed by atoms with Gasteiger partial charge in [0.25, 0.3) is 0 Å². The fraction of sp³-hybridized carbons (Fsp3) is 0.538. The maximum atomic E-state index is 5.97. The van der Waals surface area contributed by atoms with Gasteiger partial charge in [-0.3, -0.25) is 0 Å². The summed E-state index contributed by atoms with van der Waals surface area (Å²) in [5, 5.41) is 4.09. The standard InChI is InChI=1S/C13H20ClN/c1-3-5-12(10-15-2)8-11-6-4-7-13(14)9-11/h4,6-7,9,12,15H,3,5,8,10H2,1-2H3. The van der Waals surface area contributed by atoms with Crippen molar-refractivity contribution in [3.63, 3.8) is 0 Å². The minimum Gasteiger partial charge on any atom is -0.319 e. The van der Waals surface area contributed by atoms with E-state index in [1.54, 1.807) is 0 Å². The highest BCUT2D eigenvalue weighted by Gasteiger charge is 2.07. The first-order chi connectivity index (χ1) is 7.26. The number of benzene rings is 1. The molecule has 0 fully saturated rings. The van der Waals surface area contributed by atoms with Crippen molar-refractivity contribution >= 4 is 11.6 Å². The summed E-state index contributed by atoms with van der Waals surface area (Å²) >= 11 is 5.97. The molecule has 84 valence electrons. The van der Waals surface area contributed by atoms with Crippen LogP contribution in [0.4, 0.5) is 0 Å². The van der Waals surface area contributed by atoms with E-state index in [0.29, 0.717) is 0 Å². The summed E-state index contributed by atoms with van der Waals surface area (Å²) in [6.45, 7) is 3.32. The molecular weight excluding hydrogens is 206 g/mol. The SMILES string of the molecule is CCCC(CNC)Cc1cccc(Cl)c1. The van der Waals surface area contributed by atoms with E-state index < -0.39 is 0 Å². The number of hydrogen-bond donors (Lipinski definition) is 1. The smallest absolute Gasteiger partial charge is 0.0408 e. The molecule has 1 atom stereocenters. The highest BCUT2D eigenvalue weighted by Crippen LogP contribution is 2.17. The number of nitrogens with one attached hydrogen (secondary N) is 1. The van der Waals surface area contributed by atoms with Crippen molar-refractivity contribution in [1.29, 1.82) is 0 Å². The van der Waals surface area contributed by atoms with Gasteiger partial charge in [0.1, 0.15) is 0 Å². The van der Waals surface area contributed by atoms with Gasteiger partial charge in [0.2, 0.25) is 0 Å². The number of rotatable bonds is 6. The number of hydrogen-bond acceptors (Lipinski definition) is 1. The Morgan fingerprint density at radius 1 is 1.40 bits per heavy atom. The van der Waals surface area contributed by atoms with Crippen LogP contribution < -0.4 is 5.32 Å². The third kappa shape index (κ3) is 4.67. The third-order valence-electron chi connectivity index (χ3n) is 2.60. The van der Waals surface area contributed by atoms with Gasteiger partial charge in [0.15, 0.2) is 0 Å². The average molecular weight is 226 g/mol. The molecule has 0 saturated carbocycles. The summed E-state index contributed by atoms with van der Waals surface area (Å²) in [5.74, 6) is 0.721. The van der Waals surface area contributed by atoms with Gasteiger partial charge in [0.05, 0.1) is 0 Å². The maximum Gasteiger partial charge on any atom is 0.0408 e. The molecular formula is C13H20ClN. The first kappa shape index (κ1) is 12.5. The summed E-state index contributed by atoms with van der Waals surface area (Å²) < 4.78 is 0. The van der Waals surface area contributed by atoms with Gasteiger partial charge in [-0.2, -0.15) is 0 Å². The maximum absolute atomic E-state index is 5.97. The highest BCUT2D eigenvalue weighted by molar-refractivity contribution is 6.30. The molecule has 0 aliphatic rings. The van der Waals surface area contributed by atoms with Gasteiger partial charge >= 0.3 is 0 Å². The molecule has 0 aliphatic heterocycles. The second kappa shape index (κ2) is 6.86. The van der Waals surface area contributed by atoms with E-state index in [-0.39, 0.29) is 0 Å². The van der Waals surface area contributed by atoms with Crippen LogP contribution in [0, 0.1) is 5.92 Å². The van der Waals surface area contributed by atoms with Gasteiger partial charge in [-0.15, -0.1) is 0 Å². The van der Waals surface area contributed by atoms with Crippen LogP contribution in [0.15, 0.2) is 24.3 Å². The number of halogens is 1. The molecule has 0 radical (unpaired) electrons. The van der Waals surface area contributed by atoms with Gasteiger partial charge in [-0.25, -0.2) is 0 Å². The molecule has 1 aromatic rings. The molecule has 0 aliphatic carbocycles. The molecule has 1 unspecified atom stereocenters. The lowest BCUT2D eigenvalue weighted by atomic mass is 9.95. The van der Waals surface area contributed by atoms with Crippen molar-refractivity contribution in [2.45, 2.75) is 26.2 Å². The third-order valence-corrected chi connectivity index (χ3v) is 2.84. The molecule has 1 N–H and O–H groups in total.